The minimum atomic E-state index is 0.271. The third kappa shape index (κ3) is 8.05. The molecule has 0 atom stereocenters. The molecule has 0 radical (unpaired) electrons. The quantitative estimate of drug-likeness (QED) is 0.563. The molecule has 0 aliphatic carbocycles. The summed E-state index contributed by atoms with van der Waals surface area (Å²) in [7, 11) is 0. The summed E-state index contributed by atoms with van der Waals surface area (Å²) in [5.74, 6) is 0.946. The number of benzene rings is 1. The van der Waals surface area contributed by atoms with Gasteiger partial charge in [0.1, 0.15) is 5.75 Å². The van der Waals surface area contributed by atoms with Crippen LogP contribution in [-0.4, -0.2) is 24.9 Å². The van der Waals surface area contributed by atoms with Gasteiger partial charge in [0.2, 0.25) is 0 Å². The van der Waals surface area contributed by atoms with Gasteiger partial charge in [0, 0.05) is 18.8 Å². The zero-order valence-corrected chi connectivity index (χ0v) is 12.7. The lowest BCUT2D eigenvalue weighted by atomic mass is 10.2. The van der Waals surface area contributed by atoms with Crippen molar-refractivity contribution in [2.45, 2.75) is 51.9 Å². The van der Waals surface area contributed by atoms with Crippen molar-refractivity contribution in [2.75, 3.05) is 25.1 Å². The number of aliphatic hydroxyl groups excluding tert-OH is 1. The van der Waals surface area contributed by atoms with E-state index in [1.165, 1.54) is 25.7 Å². The first-order valence-corrected chi connectivity index (χ1v) is 7.94. The smallest absolute Gasteiger partial charge is 0.119 e. The molecule has 0 heterocycles. The molecule has 0 saturated heterocycles. The van der Waals surface area contributed by atoms with Crippen LogP contribution in [0.25, 0.3) is 0 Å². The Labute approximate surface area is 123 Å². The van der Waals surface area contributed by atoms with Crippen LogP contribution in [0.3, 0.4) is 0 Å². The van der Waals surface area contributed by atoms with Gasteiger partial charge >= 0.3 is 0 Å². The van der Waals surface area contributed by atoms with Gasteiger partial charge in [0.05, 0.1) is 6.61 Å². The van der Waals surface area contributed by atoms with Crippen molar-refractivity contribution in [3.8, 4) is 5.75 Å². The van der Waals surface area contributed by atoms with Gasteiger partial charge in [0.15, 0.2) is 0 Å². The molecule has 114 valence electrons. The summed E-state index contributed by atoms with van der Waals surface area (Å²) in [6.07, 6.45) is 8.18. The fourth-order valence-electron chi connectivity index (χ4n) is 2.03. The highest BCUT2D eigenvalue weighted by Crippen LogP contribution is 2.16. The standard InChI is InChI=1S/C17H29NO2/c1-2-3-4-5-8-15-20-17-11-9-16(10-12-17)18-13-6-7-14-19/h9-12,18-19H,2-8,13-15H2,1H3. The zero-order valence-electron chi connectivity index (χ0n) is 12.7. The molecule has 0 amide bonds. The molecule has 0 aromatic heterocycles. The number of hydrogen-bond acceptors (Lipinski definition) is 3. The second-order valence-electron chi connectivity index (χ2n) is 5.14. The van der Waals surface area contributed by atoms with Crippen molar-refractivity contribution >= 4 is 5.69 Å². The molecule has 20 heavy (non-hydrogen) atoms. The lowest BCUT2D eigenvalue weighted by Crippen LogP contribution is -2.02. The minimum Gasteiger partial charge on any atom is -0.494 e. The second kappa shape index (κ2) is 11.6. The van der Waals surface area contributed by atoms with E-state index in [0.29, 0.717) is 0 Å². The Morgan fingerprint density at radius 1 is 0.950 bits per heavy atom. The molecule has 0 unspecified atom stereocenters. The molecule has 0 aliphatic rings. The molecule has 1 rings (SSSR count). The Hall–Kier alpha value is -1.22. The number of anilines is 1. The maximum atomic E-state index is 8.71. The number of unbranched alkanes of at least 4 members (excludes halogenated alkanes) is 5. The normalized spacial score (nSPS) is 10.5. The second-order valence-corrected chi connectivity index (χ2v) is 5.14. The molecule has 0 fully saturated rings. The van der Waals surface area contributed by atoms with Crippen LogP contribution in [0.2, 0.25) is 0 Å². The molecule has 0 bridgehead atoms. The van der Waals surface area contributed by atoms with Gasteiger partial charge in [-0.1, -0.05) is 32.6 Å². The van der Waals surface area contributed by atoms with Crippen LogP contribution >= 0.6 is 0 Å². The highest BCUT2D eigenvalue weighted by molar-refractivity contribution is 5.46. The minimum absolute atomic E-state index is 0.271. The average molecular weight is 279 g/mol. The summed E-state index contributed by atoms with van der Waals surface area (Å²) in [5, 5.41) is 12.0. The molecule has 0 aliphatic heterocycles. The molecule has 1 aromatic rings. The Kier molecular flexibility index (Phi) is 9.76. The SMILES string of the molecule is CCCCCCCOc1ccc(NCCCCO)cc1. The van der Waals surface area contributed by atoms with E-state index < -0.39 is 0 Å². The predicted molar refractivity (Wildman–Crippen MR) is 85.5 cm³/mol. The first kappa shape index (κ1) is 16.8. The lowest BCUT2D eigenvalue weighted by Gasteiger charge is -2.09. The summed E-state index contributed by atoms with van der Waals surface area (Å²) in [5.41, 5.74) is 1.11. The molecule has 0 saturated carbocycles. The Bertz CT molecular complexity index is 324. The van der Waals surface area contributed by atoms with Gasteiger partial charge in [-0.15, -0.1) is 0 Å². The molecule has 3 heteroatoms. The summed E-state index contributed by atoms with van der Waals surface area (Å²) in [6.45, 7) is 4.22. The van der Waals surface area contributed by atoms with Gasteiger partial charge in [-0.25, -0.2) is 0 Å². The highest BCUT2D eigenvalue weighted by atomic mass is 16.5. The van der Waals surface area contributed by atoms with Crippen molar-refractivity contribution in [3.63, 3.8) is 0 Å². The van der Waals surface area contributed by atoms with E-state index in [9.17, 15) is 0 Å². The fraction of sp³-hybridized carbons (Fsp3) is 0.647. The molecular formula is C17H29NO2. The Morgan fingerprint density at radius 2 is 1.70 bits per heavy atom. The van der Waals surface area contributed by atoms with Crippen molar-refractivity contribution in [2.24, 2.45) is 0 Å². The van der Waals surface area contributed by atoms with Crippen molar-refractivity contribution in [1.29, 1.82) is 0 Å². The molecule has 1 aromatic carbocycles. The monoisotopic (exact) mass is 279 g/mol. The number of rotatable bonds is 12. The summed E-state index contributed by atoms with van der Waals surface area (Å²) in [4.78, 5) is 0. The summed E-state index contributed by atoms with van der Waals surface area (Å²) in [6, 6.07) is 8.12. The Morgan fingerprint density at radius 3 is 2.40 bits per heavy atom. The van der Waals surface area contributed by atoms with E-state index >= 15 is 0 Å². The number of nitrogens with one attached hydrogen (secondary N) is 1. The van der Waals surface area contributed by atoms with Gasteiger partial charge < -0.3 is 15.2 Å². The van der Waals surface area contributed by atoms with Crippen molar-refractivity contribution in [3.05, 3.63) is 24.3 Å². The Balaban J connectivity index is 2.12. The number of ether oxygens (including phenoxy) is 1. The van der Waals surface area contributed by atoms with E-state index in [1.807, 2.05) is 24.3 Å². The van der Waals surface area contributed by atoms with Crippen LogP contribution < -0.4 is 10.1 Å². The third-order valence-electron chi connectivity index (χ3n) is 3.28. The lowest BCUT2D eigenvalue weighted by molar-refractivity contribution is 0.286. The predicted octanol–water partition coefficient (Wildman–Crippen LogP) is 4.22. The topological polar surface area (TPSA) is 41.5 Å². The number of hydrogen-bond donors (Lipinski definition) is 2. The van der Waals surface area contributed by atoms with Gasteiger partial charge in [-0.05, 0) is 43.5 Å². The average Bonchev–Trinajstić information content (AvgIpc) is 2.49. The van der Waals surface area contributed by atoms with Crippen LogP contribution in [0.5, 0.6) is 5.75 Å². The van der Waals surface area contributed by atoms with Gasteiger partial charge in [-0.3, -0.25) is 0 Å². The van der Waals surface area contributed by atoms with E-state index in [4.69, 9.17) is 9.84 Å². The summed E-state index contributed by atoms with van der Waals surface area (Å²) < 4.78 is 5.72. The maximum Gasteiger partial charge on any atom is 0.119 e. The van der Waals surface area contributed by atoms with Crippen LogP contribution in [0, 0.1) is 0 Å². The fourth-order valence-corrected chi connectivity index (χ4v) is 2.03. The van der Waals surface area contributed by atoms with E-state index in [1.54, 1.807) is 0 Å². The van der Waals surface area contributed by atoms with Crippen LogP contribution in [-0.2, 0) is 0 Å². The van der Waals surface area contributed by atoms with Crippen molar-refractivity contribution in [1.82, 2.24) is 0 Å². The van der Waals surface area contributed by atoms with E-state index in [0.717, 1.165) is 43.9 Å². The van der Waals surface area contributed by atoms with Crippen LogP contribution in [0.1, 0.15) is 51.9 Å². The maximum absolute atomic E-state index is 8.71. The van der Waals surface area contributed by atoms with Gasteiger partial charge in [-0.2, -0.15) is 0 Å². The molecule has 0 spiro atoms. The summed E-state index contributed by atoms with van der Waals surface area (Å²) >= 11 is 0. The highest BCUT2D eigenvalue weighted by Gasteiger charge is 1.96. The zero-order chi connectivity index (χ0) is 14.5. The number of aliphatic hydroxyl groups is 1. The first-order valence-electron chi connectivity index (χ1n) is 7.94. The van der Waals surface area contributed by atoms with E-state index in [-0.39, 0.29) is 6.61 Å². The molecule has 3 nitrogen and oxygen atoms in total. The van der Waals surface area contributed by atoms with Crippen LogP contribution in [0.15, 0.2) is 24.3 Å². The van der Waals surface area contributed by atoms with E-state index in [2.05, 4.69) is 12.2 Å². The largest absolute Gasteiger partial charge is 0.494 e. The third-order valence-corrected chi connectivity index (χ3v) is 3.28. The first-order chi connectivity index (χ1) is 9.86. The van der Waals surface area contributed by atoms with Crippen molar-refractivity contribution < 1.29 is 9.84 Å². The van der Waals surface area contributed by atoms with Crippen LogP contribution in [0.4, 0.5) is 5.69 Å². The van der Waals surface area contributed by atoms with Gasteiger partial charge in [0.25, 0.3) is 0 Å². The molecule has 2 N–H and O–H groups in total. The molecular weight excluding hydrogens is 250 g/mol.